The first-order chi connectivity index (χ1) is 29.5. The second kappa shape index (κ2) is 15.2. The number of aromatic amines is 2. The standard InChI is InChI=1S/C46H52N8O7/c1-23(2)39(51-45(57)60-4)43(55)53-35-18-30(35)20-37(53)41-47-22-34(50-41)29-8-7-25-15-26(5-6-27(25)16-29)28-9-10-32-33(17-28)49-42(48-32)38-21-31-19-36(31)54(38)44(56)40(52(3)46(58)59)24-11-13-61-14-12-24/h5-10,15-17,22-24,30-31,35-40H,11-14,18-21H2,1-4H3,(H,47,50)(H,48,49)(H,51,57)(H,58,59)/t30-,31+,35+,36+,37-,38-,39-,40-/m0/s1. The number of amides is 4. The van der Waals surface area contributed by atoms with Gasteiger partial charge in [0.15, 0.2) is 0 Å². The average Bonchev–Trinajstić information content (AvgIpc) is 3.88. The van der Waals surface area contributed by atoms with Crippen LogP contribution in [-0.2, 0) is 19.1 Å². The molecule has 5 fully saturated rings. The third-order valence-corrected chi connectivity index (χ3v) is 14.0. The molecule has 0 radical (unpaired) electrons. The van der Waals surface area contributed by atoms with Gasteiger partial charge in [0.1, 0.15) is 23.7 Å². The summed E-state index contributed by atoms with van der Waals surface area (Å²) in [4.78, 5) is 74.4. The Balaban J connectivity index is 0.864. The molecule has 5 aliphatic rings. The first-order valence-electron chi connectivity index (χ1n) is 21.6. The molecule has 8 atom stereocenters. The maximum atomic E-state index is 14.4. The van der Waals surface area contributed by atoms with Crippen molar-refractivity contribution < 1.29 is 33.8 Å². The molecule has 10 rings (SSSR count). The van der Waals surface area contributed by atoms with Crippen LogP contribution in [0.1, 0.15) is 76.1 Å². The molecule has 0 bridgehead atoms. The highest BCUT2D eigenvalue weighted by Gasteiger charge is 2.58. The third kappa shape index (κ3) is 7.05. The summed E-state index contributed by atoms with van der Waals surface area (Å²) in [5.74, 6) is 1.89. The fourth-order valence-corrected chi connectivity index (χ4v) is 10.5. The van der Waals surface area contributed by atoms with Gasteiger partial charge >= 0.3 is 12.2 Å². The van der Waals surface area contributed by atoms with Crippen LogP contribution in [0.3, 0.4) is 0 Å². The number of alkyl carbamates (subject to hydrolysis) is 1. The van der Waals surface area contributed by atoms with Crippen molar-refractivity contribution in [3.63, 3.8) is 0 Å². The van der Waals surface area contributed by atoms with Crippen molar-refractivity contribution in [3.05, 3.63) is 72.4 Å². The first-order valence-corrected chi connectivity index (χ1v) is 21.6. The number of benzene rings is 3. The molecule has 318 valence electrons. The fourth-order valence-electron chi connectivity index (χ4n) is 10.5. The van der Waals surface area contributed by atoms with Crippen molar-refractivity contribution in [1.82, 2.24) is 40.0 Å². The number of hydrogen-bond donors (Lipinski definition) is 4. The number of likely N-dealkylation sites (tertiary alicyclic amines) is 2. The SMILES string of the molecule is COC(=O)N[C@H](C(=O)N1[C@@H]2C[C@H]2C[C@H]1c1ncc(-c2ccc3cc(-c4ccc5nc([C@@H]6C[C@H]7C[C@H]7N6C(=O)[C@H](C6CCOCC6)N(C)C(=O)O)[nH]c5c4)ccc3c2)[nH]1)C(C)C. The molecule has 0 spiro atoms. The van der Waals surface area contributed by atoms with Crippen molar-refractivity contribution in [2.45, 2.75) is 88.6 Å². The number of fused-ring (bicyclic) bond motifs is 4. The maximum Gasteiger partial charge on any atom is 0.407 e. The molecule has 4 amide bonds. The molecule has 2 aromatic heterocycles. The fraction of sp³-hybridized carbons (Fsp3) is 0.478. The molecule has 3 saturated heterocycles. The summed E-state index contributed by atoms with van der Waals surface area (Å²) < 4.78 is 10.4. The smallest absolute Gasteiger partial charge is 0.407 e. The zero-order valence-electron chi connectivity index (χ0n) is 34.8. The number of piperidine rings is 2. The summed E-state index contributed by atoms with van der Waals surface area (Å²) in [7, 11) is 2.81. The molecule has 15 heteroatoms. The van der Waals surface area contributed by atoms with Crippen LogP contribution in [0, 0.1) is 23.7 Å². The van der Waals surface area contributed by atoms with E-state index in [1.165, 1.54) is 19.1 Å². The van der Waals surface area contributed by atoms with Gasteiger partial charge < -0.3 is 39.7 Å². The molecule has 0 unspecified atom stereocenters. The monoisotopic (exact) mass is 828 g/mol. The lowest BCUT2D eigenvalue weighted by Crippen LogP contribution is -2.54. The molecule has 3 aliphatic heterocycles. The molecule has 3 aromatic carbocycles. The van der Waals surface area contributed by atoms with Crippen LogP contribution in [0.4, 0.5) is 9.59 Å². The Bertz CT molecular complexity index is 2540. The van der Waals surface area contributed by atoms with Gasteiger partial charge in [-0.05, 0) is 108 Å². The highest BCUT2D eigenvalue weighted by atomic mass is 16.5. The number of hydrogen-bond acceptors (Lipinski definition) is 8. The maximum absolute atomic E-state index is 14.4. The molecule has 61 heavy (non-hydrogen) atoms. The number of aromatic nitrogens is 4. The predicted octanol–water partition coefficient (Wildman–Crippen LogP) is 6.88. The van der Waals surface area contributed by atoms with Crippen molar-refractivity contribution in [1.29, 1.82) is 0 Å². The van der Waals surface area contributed by atoms with Gasteiger partial charge in [-0.25, -0.2) is 19.6 Å². The number of imidazole rings is 2. The number of carbonyl (C=O) groups is 4. The van der Waals surface area contributed by atoms with E-state index in [-0.39, 0.29) is 47.8 Å². The Morgan fingerprint density at radius 1 is 0.836 bits per heavy atom. The number of rotatable bonds is 10. The third-order valence-electron chi connectivity index (χ3n) is 14.0. The molecular formula is C46H52N8O7. The Morgan fingerprint density at radius 3 is 2.13 bits per heavy atom. The summed E-state index contributed by atoms with van der Waals surface area (Å²) in [6.45, 7) is 4.89. The van der Waals surface area contributed by atoms with Gasteiger partial charge in [-0.3, -0.25) is 14.5 Å². The number of carbonyl (C=O) groups excluding carboxylic acids is 3. The Hall–Kier alpha value is -5.96. The van der Waals surface area contributed by atoms with Gasteiger partial charge in [-0.15, -0.1) is 0 Å². The molecular weight excluding hydrogens is 777 g/mol. The van der Waals surface area contributed by atoms with E-state index in [2.05, 4.69) is 63.8 Å². The summed E-state index contributed by atoms with van der Waals surface area (Å²) in [5, 5.41) is 14.9. The predicted molar refractivity (Wildman–Crippen MR) is 226 cm³/mol. The second-order valence-electron chi connectivity index (χ2n) is 18.1. The number of likely N-dealkylation sites (N-methyl/N-ethyl adjacent to an activating group) is 1. The van der Waals surface area contributed by atoms with E-state index in [4.69, 9.17) is 19.4 Å². The molecule has 2 aliphatic carbocycles. The van der Waals surface area contributed by atoms with Crippen molar-refractivity contribution in [2.24, 2.45) is 23.7 Å². The van der Waals surface area contributed by atoms with E-state index in [1.807, 2.05) is 35.9 Å². The van der Waals surface area contributed by atoms with Gasteiger partial charge in [0.2, 0.25) is 11.8 Å². The van der Waals surface area contributed by atoms with Gasteiger partial charge in [-0.1, -0.05) is 44.2 Å². The van der Waals surface area contributed by atoms with Crippen LogP contribution in [0.25, 0.3) is 44.2 Å². The van der Waals surface area contributed by atoms with Crippen LogP contribution in [0.5, 0.6) is 0 Å². The zero-order valence-corrected chi connectivity index (χ0v) is 34.8. The van der Waals surface area contributed by atoms with Crippen molar-refractivity contribution in [3.8, 4) is 22.4 Å². The van der Waals surface area contributed by atoms with E-state index in [0.717, 1.165) is 81.5 Å². The van der Waals surface area contributed by atoms with Crippen molar-refractivity contribution in [2.75, 3.05) is 27.4 Å². The van der Waals surface area contributed by atoms with Crippen LogP contribution in [0.15, 0.2) is 60.8 Å². The number of methoxy groups -OCH3 is 1. The second-order valence-corrected chi connectivity index (χ2v) is 18.1. The molecule has 5 aromatic rings. The number of H-pyrrole nitrogens is 2. The lowest BCUT2D eigenvalue weighted by Gasteiger charge is -2.38. The summed E-state index contributed by atoms with van der Waals surface area (Å²) in [6, 6.07) is 17.3. The molecule has 2 saturated carbocycles. The zero-order chi connectivity index (χ0) is 42.3. The number of nitrogens with zero attached hydrogens (tertiary/aromatic N) is 5. The van der Waals surface area contributed by atoms with Gasteiger partial charge in [0.05, 0.1) is 42.1 Å². The molecule has 15 nitrogen and oxygen atoms in total. The van der Waals surface area contributed by atoms with Crippen LogP contribution in [0.2, 0.25) is 0 Å². The minimum Gasteiger partial charge on any atom is -0.465 e. The Labute approximate surface area is 353 Å². The van der Waals surface area contributed by atoms with Crippen molar-refractivity contribution >= 4 is 45.8 Å². The van der Waals surface area contributed by atoms with Crippen LogP contribution >= 0.6 is 0 Å². The lowest BCUT2D eigenvalue weighted by molar-refractivity contribution is -0.141. The summed E-state index contributed by atoms with van der Waals surface area (Å²) in [5.41, 5.74) is 5.66. The number of carboxylic acid groups (broad SMARTS) is 1. The minimum atomic E-state index is -1.10. The van der Waals surface area contributed by atoms with Gasteiger partial charge in [0, 0.05) is 37.9 Å². The van der Waals surface area contributed by atoms with E-state index in [1.54, 1.807) is 0 Å². The normalized spacial score (nSPS) is 25.3. The van der Waals surface area contributed by atoms with Gasteiger partial charge in [-0.2, -0.15) is 0 Å². The highest BCUT2D eigenvalue weighted by Crippen LogP contribution is 2.55. The summed E-state index contributed by atoms with van der Waals surface area (Å²) >= 11 is 0. The molecule has 4 N–H and O–H groups in total. The quantitative estimate of drug-likeness (QED) is 0.116. The van der Waals surface area contributed by atoms with Crippen LogP contribution in [-0.4, -0.2) is 115 Å². The minimum absolute atomic E-state index is 0.0919. The Kier molecular flexibility index (Phi) is 9.76. The number of nitrogens with one attached hydrogen (secondary N) is 3. The first kappa shape index (κ1) is 39.2. The summed E-state index contributed by atoms with van der Waals surface area (Å²) in [6.07, 6.45) is 4.98. The van der Waals surface area contributed by atoms with E-state index in [0.29, 0.717) is 37.9 Å². The van der Waals surface area contributed by atoms with Crippen LogP contribution < -0.4 is 5.32 Å². The Morgan fingerprint density at radius 2 is 1.46 bits per heavy atom. The lowest BCUT2D eigenvalue weighted by atomic mass is 9.89. The van der Waals surface area contributed by atoms with Gasteiger partial charge in [0.25, 0.3) is 0 Å². The number of ether oxygens (including phenoxy) is 2. The largest absolute Gasteiger partial charge is 0.465 e. The highest BCUT2D eigenvalue weighted by molar-refractivity contribution is 5.92. The topological polar surface area (TPSA) is 186 Å². The van der Waals surface area contributed by atoms with E-state index < -0.39 is 24.3 Å². The molecule has 5 heterocycles. The van der Waals surface area contributed by atoms with E-state index in [9.17, 15) is 24.3 Å². The average molecular weight is 829 g/mol. The van der Waals surface area contributed by atoms with E-state index >= 15 is 0 Å².